The van der Waals surface area contributed by atoms with Gasteiger partial charge in [-0.05, 0) is 0 Å². The maximum atomic E-state index is 3.07. The summed E-state index contributed by atoms with van der Waals surface area (Å²) in [6.07, 6.45) is 0. The van der Waals surface area contributed by atoms with E-state index in [2.05, 4.69) is 12.1 Å². The zero-order valence-electron chi connectivity index (χ0n) is 7.15. The molecular weight excluding hydrogens is 174 g/mol. The van der Waals surface area contributed by atoms with E-state index in [0.29, 0.717) is 0 Å². The molecule has 10 heavy (non-hydrogen) atoms. The Morgan fingerprint density at radius 2 is 1.20 bits per heavy atom. The third-order valence-electron chi connectivity index (χ3n) is 1.25. The molecule has 1 rings (SSSR count). The van der Waals surface area contributed by atoms with Crippen LogP contribution in [0, 0.1) is 26.0 Å². The molecule has 0 amide bonds. The normalized spacial score (nSPS) is 7.40. The fourth-order valence-electron chi connectivity index (χ4n) is 0.550. The molecule has 0 atom stereocenters. The van der Waals surface area contributed by atoms with Gasteiger partial charge in [-0.2, -0.15) is 0 Å². The molecule has 0 aliphatic heterocycles. The first-order valence-electron chi connectivity index (χ1n) is 2.66. The second-order valence-electron chi connectivity index (χ2n) is 1.87. The van der Waals surface area contributed by atoms with E-state index >= 15 is 0 Å². The number of aryl methyl sites for hydroxylation is 2. The molecular formula is C8H8K2. The number of rotatable bonds is 0. The van der Waals surface area contributed by atoms with Gasteiger partial charge in [0.2, 0.25) is 0 Å². The first-order valence-corrected chi connectivity index (χ1v) is 2.66. The molecule has 0 aliphatic carbocycles. The average molecular weight is 182 g/mol. The second kappa shape index (κ2) is 8.11. The van der Waals surface area contributed by atoms with Gasteiger partial charge in [0.05, 0.1) is 0 Å². The van der Waals surface area contributed by atoms with Gasteiger partial charge < -0.3 is 12.1 Å². The van der Waals surface area contributed by atoms with Crippen LogP contribution in [0.2, 0.25) is 0 Å². The molecule has 0 saturated carbocycles. The van der Waals surface area contributed by atoms with Crippen LogP contribution < -0.4 is 103 Å². The Labute approximate surface area is 148 Å². The summed E-state index contributed by atoms with van der Waals surface area (Å²) in [5, 5.41) is 0. The molecule has 0 radical (unpaired) electrons. The summed E-state index contributed by atoms with van der Waals surface area (Å²) in [5.41, 5.74) is 2.38. The molecule has 1 aromatic rings. The first-order chi connectivity index (χ1) is 3.80. The van der Waals surface area contributed by atoms with E-state index in [0.717, 1.165) is 0 Å². The largest absolute Gasteiger partial charge is 1.00 e. The molecule has 0 saturated heterocycles. The molecule has 0 aromatic heterocycles. The van der Waals surface area contributed by atoms with Crippen LogP contribution >= 0.6 is 0 Å². The SMILES string of the molecule is Cc1[c-]cc[c-]c1C.[K+].[K+]. The quantitative estimate of drug-likeness (QED) is 0.283. The predicted molar refractivity (Wildman–Crippen MR) is 33.6 cm³/mol. The third kappa shape index (κ3) is 5.19. The van der Waals surface area contributed by atoms with E-state index in [1.807, 2.05) is 26.0 Å². The Hall–Kier alpha value is 2.49. The average Bonchev–Trinajstić information content (AvgIpc) is 1.77. The Balaban J connectivity index is 0. The second-order valence-corrected chi connectivity index (χ2v) is 1.87. The monoisotopic (exact) mass is 182 g/mol. The van der Waals surface area contributed by atoms with Crippen LogP contribution in [0.5, 0.6) is 0 Å². The Morgan fingerprint density at radius 3 is 1.40 bits per heavy atom. The fraction of sp³-hybridized carbons (Fsp3) is 0.250. The van der Waals surface area contributed by atoms with Crippen LogP contribution in [0.1, 0.15) is 11.1 Å². The van der Waals surface area contributed by atoms with Gasteiger partial charge in [0.1, 0.15) is 0 Å². The number of benzene rings is 1. The smallest absolute Gasteiger partial charge is 0.316 e. The van der Waals surface area contributed by atoms with Crippen molar-refractivity contribution in [2.75, 3.05) is 0 Å². The van der Waals surface area contributed by atoms with Crippen LogP contribution in [-0.2, 0) is 0 Å². The zero-order valence-corrected chi connectivity index (χ0v) is 13.4. The molecule has 0 nitrogen and oxygen atoms in total. The van der Waals surface area contributed by atoms with Gasteiger partial charge in [-0.3, -0.25) is 23.3 Å². The summed E-state index contributed by atoms with van der Waals surface area (Å²) in [6, 6.07) is 9.89. The topological polar surface area (TPSA) is 0 Å². The van der Waals surface area contributed by atoms with Crippen molar-refractivity contribution in [3.63, 3.8) is 0 Å². The number of hydrogen-bond donors (Lipinski definition) is 0. The van der Waals surface area contributed by atoms with Crippen molar-refractivity contribution in [2.24, 2.45) is 0 Å². The summed E-state index contributed by atoms with van der Waals surface area (Å²) in [6.45, 7) is 4.07. The van der Waals surface area contributed by atoms with Crippen LogP contribution in [0.15, 0.2) is 12.1 Å². The first kappa shape index (κ1) is 15.0. The standard InChI is InChI=1S/C8H8.2K/c1-7-5-3-4-6-8(7)2;;/h3-4H,1-2H3;;/q-2;2*+1. The molecule has 0 heterocycles. The summed E-state index contributed by atoms with van der Waals surface area (Å²) in [5.74, 6) is 0. The van der Waals surface area contributed by atoms with Crippen molar-refractivity contribution >= 4 is 0 Å². The molecule has 0 unspecified atom stereocenters. The summed E-state index contributed by atoms with van der Waals surface area (Å²) in [7, 11) is 0. The maximum Gasteiger partial charge on any atom is 1.00 e. The molecule has 42 valence electrons. The van der Waals surface area contributed by atoms with E-state index in [1.165, 1.54) is 11.1 Å². The molecule has 2 heteroatoms. The molecule has 0 spiro atoms. The Bertz CT molecular complexity index is 163. The van der Waals surface area contributed by atoms with Crippen LogP contribution in [0.4, 0.5) is 0 Å². The van der Waals surface area contributed by atoms with E-state index in [1.54, 1.807) is 0 Å². The number of hydrogen-bond acceptors (Lipinski definition) is 0. The maximum absolute atomic E-state index is 3.07. The van der Waals surface area contributed by atoms with Crippen molar-refractivity contribution in [2.45, 2.75) is 13.8 Å². The Morgan fingerprint density at radius 1 is 0.900 bits per heavy atom. The van der Waals surface area contributed by atoms with Gasteiger partial charge in [-0.25, -0.2) is 0 Å². The van der Waals surface area contributed by atoms with Gasteiger partial charge in [0.25, 0.3) is 0 Å². The van der Waals surface area contributed by atoms with Gasteiger partial charge in [-0.15, -0.1) is 13.8 Å². The summed E-state index contributed by atoms with van der Waals surface area (Å²) in [4.78, 5) is 0. The van der Waals surface area contributed by atoms with E-state index in [9.17, 15) is 0 Å². The van der Waals surface area contributed by atoms with Crippen LogP contribution in [0.3, 0.4) is 0 Å². The minimum atomic E-state index is 0. The summed E-state index contributed by atoms with van der Waals surface area (Å²) < 4.78 is 0. The van der Waals surface area contributed by atoms with E-state index in [4.69, 9.17) is 0 Å². The van der Waals surface area contributed by atoms with Gasteiger partial charge in [-0.1, -0.05) is 0 Å². The minimum Gasteiger partial charge on any atom is -0.316 e. The van der Waals surface area contributed by atoms with Crippen LogP contribution in [0.25, 0.3) is 0 Å². The van der Waals surface area contributed by atoms with Gasteiger partial charge in [0, 0.05) is 0 Å². The Kier molecular flexibility index (Phi) is 12.2. The minimum absolute atomic E-state index is 0. The molecule has 0 N–H and O–H groups in total. The van der Waals surface area contributed by atoms with Gasteiger partial charge in [0.15, 0.2) is 0 Å². The van der Waals surface area contributed by atoms with E-state index in [-0.39, 0.29) is 103 Å². The fourth-order valence-corrected chi connectivity index (χ4v) is 0.550. The molecule has 0 fully saturated rings. The third-order valence-corrected chi connectivity index (χ3v) is 1.25. The van der Waals surface area contributed by atoms with Crippen molar-refractivity contribution < 1.29 is 103 Å². The molecule has 0 aliphatic rings. The molecule has 0 bridgehead atoms. The predicted octanol–water partition coefficient (Wildman–Crippen LogP) is -4.09. The van der Waals surface area contributed by atoms with Crippen molar-refractivity contribution in [3.8, 4) is 0 Å². The zero-order chi connectivity index (χ0) is 5.98. The van der Waals surface area contributed by atoms with Crippen molar-refractivity contribution in [1.82, 2.24) is 0 Å². The van der Waals surface area contributed by atoms with Crippen molar-refractivity contribution in [1.29, 1.82) is 0 Å². The van der Waals surface area contributed by atoms with Crippen LogP contribution in [-0.4, -0.2) is 0 Å². The molecule has 1 aromatic carbocycles. The van der Waals surface area contributed by atoms with Crippen molar-refractivity contribution in [3.05, 3.63) is 35.4 Å². The van der Waals surface area contributed by atoms with Gasteiger partial charge >= 0.3 is 103 Å². The summed E-state index contributed by atoms with van der Waals surface area (Å²) >= 11 is 0. The van der Waals surface area contributed by atoms with E-state index < -0.39 is 0 Å².